The van der Waals surface area contributed by atoms with Crippen LogP contribution in [0.4, 0.5) is 5.95 Å². The van der Waals surface area contributed by atoms with E-state index in [1.807, 2.05) is 41.9 Å². The Labute approximate surface area is 129 Å². The predicted molar refractivity (Wildman–Crippen MR) is 85.6 cm³/mol. The number of para-hydroxylation sites is 1. The van der Waals surface area contributed by atoms with Crippen LogP contribution in [-0.4, -0.2) is 41.6 Å². The molecule has 0 bridgehead atoms. The number of nitrogens with zero attached hydrogens (tertiary/aromatic N) is 3. The minimum Gasteiger partial charge on any atom is -0.379 e. The molecule has 1 heterocycles. The Kier molecular flexibility index (Phi) is 4.36. The van der Waals surface area contributed by atoms with E-state index in [0.29, 0.717) is 11.4 Å². The first kappa shape index (κ1) is 14.3. The lowest BCUT2D eigenvalue weighted by atomic mass is 10.3. The molecule has 1 saturated carbocycles. The zero-order chi connectivity index (χ0) is 14.7. The number of ether oxygens (including phenoxy) is 1. The molecule has 6 heteroatoms. The fourth-order valence-electron chi connectivity index (χ4n) is 2.19. The molecule has 1 aliphatic rings. The van der Waals surface area contributed by atoms with Crippen LogP contribution in [0.25, 0.3) is 5.69 Å². The van der Waals surface area contributed by atoms with E-state index in [0.717, 1.165) is 30.7 Å². The summed E-state index contributed by atoms with van der Waals surface area (Å²) >= 11 is 5.34. The van der Waals surface area contributed by atoms with Crippen molar-refractivity contribution in [1.82, 2.24) is 14.8 Å². The van der Waals surface area contributed by atoms with Gasteiger partial charge in [0.1, 0.15) is 0 Å². The van der Waals surface area contributed by atoms with Gasteiger partial charge in [0.15, 0.2) is 0 Å². The Balaban J connectivity index is 1.68. The van der Waals surface area contributed by atoms with E-state index in [1.165, 1.54) is 12.8 Å². The maximum Gasteiger partial charge on any atom is 0.230 e. The number of hydrogen-bond acceptors (Lipinski definition) is 4. The molecule has 0 spiro atoms. The molecule has 21 heavy (non-hydrogen) atoms. The molecule has 0 radical (unpaired) electrons. The SMILES string of the molecule is CN(CCOCC1CC1)c1n[nH]c(=S)n1-c1ccccc1. The summed E-state index contributed by atoms with van der Waals surface area (Å²) in [6.07, 6.45) is 2.64. The lowest BCUT2D eigenvalue weighted by molar-refractivity contribution is 0.130. The first-order valence-electron chi connectivity index (χ1n) is 7.27. The van der Waals surface area contributed by atoms with E-state index < -0.39 is 0 Å². The normalized spacial score (nSPS) is 14.3. The van der Waals surface area contributed by atoms with Gasteiger partial charge in [0.25, 0.3) is 0 Å². The highest BCUT2D eigenvalue weighted by Crippen LogP contribution is 2.28. The number of rotatable bonds is 7. The van der Waals surface area contributed by atoms with Crippen molar-refractivity contribution < 1.29 is 4.74 Å². The van der Waals surface area contributed by atoms with Crippen LogP contribution >= 0.6 is 12.2 Å². The number of hydrogen-bond donors (Lipinski definition) is 1. The van der Waals surface area contributed by atoms with Crippen LogP contribution in [-0.2, 0) is 4.74 Å². The van der Waals surface area contributed by atoms with Crippen molar-refractivity contribution in [2.75, 3.05) is 31.7 Å². The summed E-state index contributed by atoms with van der Waals surface area (Å²) < 4.78 is 8.23. The summed E-state index contributed by atoms with van der Waals surface area (Å²) in [5.41, 5.74) is 1.01. The lowest BCUT2D eigenvalue weighted by Gasteiger charge is -2.18. The van der Waals surface area contributed by atoms with Crippen molar-refractivity contribution in [2.45, 2.75) is 12.8 Å². The van der Waals surface area contributed by atoms with E-state index in [-0.39, 0.29) is 0 Å². The molecular weight excluding hydrogens is 284 g/mol. The van der Waals surface area contributed by atoms with E-state index >= 15 is 0 Å². The Morgan fingerprint density at radius 3 is 2.86 bits per heavy atom. The van der Waals surface area contributed by atoms with E-state index in [2.05, 4.69) is 15.1 Å². The van der Waals surface area contributed by atoms with Crippen LogP contribution in [0, 0.1) is 10.7 Å². The molecule has 1 N–H and O–H groups in total. The number of likely N-dealkylation sites (N-methyl/N-ethyl adjacent to an activating group) is 1. The van der Waals surface area contributed by atoms with Gasteiger partial charge in [-0.05, 0) is 43.1 Å². The van der Waals surface area contributed by atoms with Crippen molar-refractivity contribution in [3.63, 3.8) is 0 Å². The van der Waals surface area contributed by atoms with Crippen molar-refractivity contribution in [3.05, 3.63) is 35.1 Å². The third kappa shape index (κ3) is 3.51. The van der Waals surface area contributed by atoms with Gasteiger partial charge in [0.2, 0.25) is 10.7 Å². The molecule has 1 aromatic heterocycles. The monoisotopic (exact) mass is 304 g/mol. The van der Waals surface area contributed by atoms with Crippen LogP contribution in [0.3, 0.4) is 0 Å². The highest BCUT2D eigenvalue weighted by atomic mass is 32.1. The highest BCUT2D eigenvalue weighted by molar-refractivity contribution is 7.71. The van der Waals surface area contributed by atoms with Gasteiger partial charge in [-0.25, -0.2) is 5.10 Å². The highest BCUT2D eigenvalue weighted by Gasteiger charge is 2.21. The van der Waals surface area contributed by atoms with Crippen molar-refractivity contribution in [3.8, 4) is 5.69 Å². The van der Waals surface area contributed by atoms with Gasteiger partial charge >= 0.3 is 0 Å². The van der Waals surface area contributed by atoms with E-state index in [4.69, 9.17) is 17.0 Å². The Hall–Kier alpha value is -1.66. The Morgan fingerprint density at radius 1 is 1.38 bits per heavy atom. The van der Waals surface area contributed by atoms with Crippen molar-refractivity contribution >= 4 is 18.2 Å². The van der Waals surface area contributed by atoms with Crippen LogP contribution in [0.1, 0.15) is 12.8 Å². The molecule has 1 fully saturated rings. The maximum absolute atomic E-state index is 5.69. The van der Waals surface area contributed by atoms with Crippen molar-refractivity contribution in [2.24, 2.45) is 5.92 Å². The summed E-state index contributed by atoms with van der Waals surface area (Å²) in [7, 11) is 2.00. The smallest absolute Gasteiger partial charge is 0.230 e. The summed E-state index contributed by atoms with van der Waals surface area (Å²) in [5, 5.41) is 7.20. The molecule has 1 aliphatic carbocycles. The largest absolute Gasteiger partial charge is 0.379 e. The van der Waals surface area contributed by atoms with Crippen LogP contribution in [0.5, 0.6) is 0 Å². The molecule has 112 valence electrons. The molecular formula is C15H20N4OS. The number of benzene rings is 1. The summed E-state index contributed by atoms with van der Waals surface area (Å²) in [6.45, 7) is 2.39. The van der Waals surface area contributed by atoms with Crippen molar-refractivity contribution in [1.29, 1.82) is 0 Å². The average Bonchev–Trinajstić information content (AvgIpc) is 3.25. The van der Waals surface area contributed by atoms with Crippen LogP contribution in [0.2, 0.25) is 0 Å². The number of aromatic nitrogens is 3. The first-order valence-corrected chi connectivity index (χ1v) is 7.68. The summed E-state index contributed by atoms with van der Waals surface area (Å²) in [5.74, 6) is 1.61. The second-order valence-corrected chi connectivity index (χ2v) is 5.83. The second kappa shape index (κ2) is 6.41. The third-order valence-corrected chi connectivity index (χ3v) is 3.91. The summed E-state index contributed by atoms with van der Waals surface area (Å²) in [4.78, 5) is 2.06. The minimum atomic E-state index is 0.599. The lowest BCUT2D eigenvalue weighted by Crippen LogP contribution is -2.25. The molecule has 0 aliphatic heterocycles. The topological polar surface area (TPSA) is 46.1 Å². The fourth-order valence-corrected chi connectivity index (χ4v) is 2.42. The van der Waals surface area contributed by atoms with Crippen LogP contribution in [0.15, 0.2) is 30.3 Å². The first-order chi connectivity index (χ1) is 10.3. The fraction of sp³-hybridized carbons (Fsp3) is 0.467. The zero-order valence-corrected chi connectivity index (χ0v) is 13.0. The van der Waals surface area contributed by atoms with Gasteiger partial charge in [-0.15, -0.1) is 5.10 Å². The third-order valence-electron chi connectivity index (χ3n) is 3.63. The quantitative estimate of drug-likeness (QED) is 0.631. The van der Waals surface area contributed by atoms with E-state index in [1.54, 1.807) is 0 Å². The predicted octanol–water partition coefficient (Wildman–Crippen LogP) is 2.79. The Morgan fingerprint density at radius 2 is 2.14 bits per heavy atom. The van der Waals surface area contributed by atoms with Gasteiger partial charge in [-0.3, -0.25) is 4.57 Å². The number of nitrogens with one attached hydrogen (secondary N) is 1. The second-order valence-electron chi connectivity index (χ2n) is 5.44. The molecule has 0 unspecified atom stereocenters. The number of aromatic amines is 1. The number of anilines is 1. The summed E-state index contributed by atoms with van der Waals surface area (Å²) in [6, 6.07) is 10.0. The van der Waals surface area contributed by atoms with E-state index in [9.17, 15) is 0 Å². The molecule has 5 nitrogen and oxygen atoms in total. The maximum atomic E-state index is 5.69. The molecule has 0 amide bonds. The van der Waals surface area contributed by atoms with Gasteiger partial charge in [-0.1, -0.05) is 18.2 Å². The molecule has 3 rings (SSSR count). The Bertz CT molecular complexity index is 633. The van der Waals surface area contributed by atoms with Gasteiger partial charge in [-0.2, -0.15) is 0 Å². The average molecular weight is 304 g/mol. The molecule has 1 aromatic carbocycles. The number of H-pyrrole nitrogens is 1. The standard InChI is InChI=1S/C15H20N4OS/c1-18(9-10-20-11-12-7-8-12)14-16-17-15(21)19(14)13-5-3-2-4-6-13/h2-6,12H,7-11H2,1H3,(H,17,21). The minimum absolute atomic E-state index is 0.599. The van der Waals surface area contributed by atoms with Gasteiger partial charge < -0.3 is 9.64 Å². The molecule has 0 saturated heterocycles. The van der Waals surface area contributed by atoms with Gasteiger partial charge in [0, 0.05) is 20.2 Å². The van der Waals surface area contributed by atoms with Gasteiger partial charge in [0.05, 0.1) is 12.3 Å². The molecule has 2 aromatic rings. The van der Waals surface area contributed by atoms with Crippen LogP contribution < -0.4 is 4.90 Å². The zero-order valence-electron chi connectivity index (χ0n) is 12.2. The molecule has 0 atom stereocenters.